The zero-order chi connectivity index (χ0) is 22.4. The summed E-state index contributed by atoms with van der Waals surface area (Å²) in [4.78, 5) is 25.1. The van der Waals surface area contributed by atoms with Crippen LogP contribution in [-0.4, -0.2) is 60.3 Å². The van der Waals surface area contributed by atoms with Gasteiger partial charge in [0.25, 0.3) is 0 Å². The number of nitrogens with one attached hydrogen (secondary N) is 2. The SMILES string of the molecule is COCCCCn1c(C(=O)C(N[C@@H]2CNC[C@H](C(=O)O)C2)C(C)C)cc2ccccc21. The third-order valence-electron chi connectivity index (χ3n) is 6.11. The molecule has 1 unspecified atom stereocenters. The van der Waals surface area contributed by atoms with E-state index in [1.54, 1.807) is 7.11 Å². The number of hydrogen-bond donors (Lipinski definition) is 3. The number of fused-ring (bicyclic) bond motifs is 1. The zero-order valence-electron chi connectivity index (χ0n) is 18.8. The fraction of sp³-hybridized carbons (Fsp3) is 0.583. The summed E-state index contributed by atoms with van der Waals surface area (Å²) in [5.41, 5.74) is 1.78. The second kappa shape index (κ2) is 10.9. The first-order chi connectivity index (χ1) is 14.9. The van der Waals surface area contributed by atoms with E-state index in [-0.39, 0.29) is 23.8 Å². The Labute approximate surface area is 184 Å². The van der Waals surface area contributed by atoms with Crippen molar-refractivity contribution in [2.24, 2.45) is 11.8 Å². The summed E-state index contributed by atoms with van der Waals surface area (Å²) in [6.45, 7) is 6.68. The van der Waals surface area contributed by atoms with Crippen molar-refractivity contribution in [3.8, 4) is 0 Å². The van der Waals surface area contributed by atoms with Crippen LogP contribution in [0.4, 0.5) is 0 Å². The molecule has 0 aliphatic carbocycles. The lowest BCUT2D eigenvalue weighted by Crippen LogP contribution is -2.55. The third-order valence-corrected chi connectivity index (χ3v) is 6.11. The molecule has 31 heavy (non-hydrogen) atoms. The van der Waals surface area contributed by atoms with E-state index >= 15 is 0 Å². The zero-order valence-corrected chi connectivity index (χ0v) is 18.8. The number of Topliss-reactive ketones (excluding diaryl/α,β-unsaturated/α-hetero) is 1. The van der Waals surface area contributed by atoms with Crippen LogP contribution in [-0.2, 0) is 16.1 Å². The topological polar surface area (TPSA) is 92.6 Å². The number of unbranched alkanes of at least 4 members (excludes halogenated alkanes) is 1. The van der Waals surface area contributed by atoms with Gasteiger partial charge in [0.2, 0.25) is 0 Å². The lowest BCUT2D eigenvalue weighted by molar-refractivity contribution is -0.142. The Hall–Kier alpha value is -2.22. The van der Waals surface area contributed by atoms with Crippen molar-refractivity contribution in [1.29, 1.82) is 0 Å². The van der Waals surface area contributed by atoms with E-state index in [1.165, 1.54) is 0 Å². The standard InChI is InChI=1S/C24H35N3O4/c1-16(2)22(26-19-12-18(24(29)30)14-25-15-19)23(28)21-13-17-8-4-5-9-20(17)27(21)10-6-7-11-31-3/h4-5,8-9,13,16,18-19,22,25-26H,6-7,10-12,14-15H2,1-3H3,(H,29,30)/t18-,19+,22?/m1/s1. The van der Waals surface area contributed by atoms with Gasteiger partial charge in [-0.05, 0) is 37.3 Å². The maximum Gasteiger partial charge on any atom is 0.307 e. The number of para-hydroxylation sites is 1. The number of carbonyl (C=O) groups is 2. The molecular formula is C24H35N3O4. The Kier molecular flexibility index (Phi) is 8.23. The lowest BCUT2D eigenvalue weighted by atomic mass is 9.92. The number of benzene rings is 1. The number of aliphatic carboxylic acids is 1. The van der Waals surface area contributed by atoms with Crippen LogP contribution in [0.1, 0.15) is 43.6 Å². The summed E-state index contributed by atoms with van der Waals surface area (Å²) in [5.74, 6) is -1.07. The van der Waals surface area contributed by atoms with Crippen LogP contribution < -0.4 is 10.6 Å². The van der Waals surface area contributed by atoms with Gasteiger partial charge in [-0.3, -0.25) is 9.59 Å². The molecular weight excluding hydrogens is 394 g/mol. The number of ether oxygens (including phenoxy) is 1. The van der Waals surface area contributed by atoms with Crippen molar-refractivity contribution in [2.45, 2.75) is 51.7 Å². The number of piperidine rings is 1. The Bertz CT molecular complexity index is 892. The van der Waals surface area contributed by atoms with Gasteiger partial charge in [0.15, 0.2) is 5.78 Å². The normalized spacial score (nSPS) is 20.3. The minimum absolute atomic E-state index is 0.0502. The first-order valence-corrected chi connectivity index (χ1v) is 11.2. The summed E-state index contributed by atoms with van der Waals surface area (Å²) in [5, 5.41) is 17.1. The first-order valence-electron chi connectivity index (χ1n) is 11.2. The van der Waals surface area contributed by atoms with Gasteiger partial charge in [-0.25, -0.2) is 0 Å². The van der Waals surface area contributed by atoms with Crippen molar-refractivity contribution < 1.29 is 19.4 Å². The van der Waals surface area contributed by atoms with Crippen LogP contribution in [0.2, 0.25) is 0 Å². The van der Waals surface area contributed by atoms with Gasteiger partial charge in [0.1, 0.15) is 0 Å². The first kappa shape index (κ1) is 23.4. The van der Waals surface area contributed by atoms with Gasteiger partial charge in [-0.15, -0.1) is 0 Å². The molecule has 1 aromatic carbocycles. The van der Waals surface area contributed by atoms with E-state index in [2.05, 4.69) is 21.3 Å². The van der Waals surface area contributed by atoms with E-state index in [0.29, 0.717) is 31.8 Å². The number of methoxy groups -OCH3 is 1. The number of carboxylic acids is 1. The van der Waals surface area contributed by atoms with Crippen LogP contribution >= 0.6 is 0 Å². The van der Waals surface area contributed by atoms with Gasteiger partial charge in [-0.2, -0.15) is 0 Å². The monoisotopic (exact) mass is 429 g/mol. The van der Waals surface area contributed by atoms with E-state index in [9.17, 15) is 14.7 Å². The van der Waals surface area contributed by atoms with E-state index in [0.717, 1.165) is 30.3 Å². The highest BCUT2D eigenvalue weighted by Gasteiger charge is 2.32. The molecule has 1 aliphatic heterocycles. The van der Waals surface area contributed by atoms with E-state index < -0.39 is 11.9 Å². The third kappa shape index (κ3) is 5.73. The van der Waals surface area contributed by atoms with Crippen LogP contribution in [0.25, 0.3) is 10.9 Å². The fourth-order valence-electron chi connectivity index (χ4n) is 4.41. The van der Waals surface area contributed by atoms with Crippen molar-refractivity contribution in [2.75, 3.05) is 26.8 Å². The molecule has 0 spiro atoms. The number of hydrogen-bond acceptors (Lipinski definition) is 5. The average Bonchev–Trinajstić information content (AvgIpc) is 3.13. The summed E-state index contributed by atoms with van der Waals surface area (Å²) in [6.07, 6.45) is 2.39. The molecule has 7 nitrogen and oxygen atoms in total. The number of rotatable bonds is 11. The highest BCUT2D eigenvalue weighted by Crippen LogP contribution is 2.24. The van der Waals surface area contributed by atoms with Gasteiger partial charge in [0.05, 0.1) is 17.7 Å². The Balaban J connectivity index is 1.83. The van der Waals surface area contributed by atoms with Crippen molar-refractivity contribution in [1.82, 2.24) is 15.2 Å². The van der Waals surface area contributed by atoms with Gasteiger partial charge in [0, 0.05) is 50.3 Å². The molecule has 3 rings (SSSR count). The maximum atomic E-state index is 13.7. The predicted octanol–water partition coefficient (Wildman–Crippen LogP) is 2.93. The molecule has 0 amide bonds. The molecule has 1 aromatic heterocycles. The molecule has 0 radical (unpaired) electrons. The molecule has 1 fully saturated rings. The summed E-state index contributed by atoms with van der Waals surface area (Å²) >= 11 is 0. The number of carbonyl (C=O) groups excluding carboxylic acids is 1. The summed E-state index contributed by atoms with van der Waals surface area (Å²) < 4.78 is 7.30. The Morgan fingerprint density at radius 3 is 2.74 bits per heavy atom. The van der Waals surface area contributed by atoms with Gasteiger partial charge in [-0.1, -0.05) is 32.0 Å². The predicted molar refractivity (Wildman–Crippen MR) is 122 cm³/mol. The molecule has 1 saturated heterocycles. The second-order valence-electron chi connectivity index (χ2n) is 8.82. The number of carboxylic acid groups (broad SMARTS) is 1. The summed E-state index contributed by atoms with van der Waals surface area (Å²) in [7, 11) is 1.70. The van der Waals surface area contributed by atoms with Gasteiger partial charge < -0.3 is 25.0 Å². The van der Waals surface area contributed by atoms with E-state index in [4.69, 9.17) is 4.74 Å². The van der Waals surface area contributed by atoms with Crippen LogP contribution in [0, 0.1) is 11.8 Å². The molecule has 3 N–H and O–H groups in total. The van der Waals surface area contributed by atoms with E-state index in [1.807, 2.05) is 38.1 Å². The molecule has 1 aliphatic rings. The lowest BCUT2D eigenvalue weighted by Gasteiger charge is -2.33. The highest BCUT2D eigenvalue weighted by atomic mass is 16.5. The van der Waals surface area contributed by atoms with Crippen LogP contribution in [0.15, 0.2) is 30.3 Å². The quantitative estimate of drug-likeness (QED) is 0.376. The molecule has 3 atom stereocenters. The number of nitrogens with zero attached hydrogens (tertiary/aromatic N) is 1. The van der Waals surface area contributed by atoms with Gasteiger partial charge >= 0.3 is 5.97 Å². The number of aromatic nitrogens is 1. The minimum Gasteiger partial charge on any atom is -0.481 e. The number of ketones is 1. The van der Waals surface area contributed by atoms with Crippen molar-refractivity contribution in [3.63, 3.8) is 0 Å². The van der Waals surface area contributed by atoms with Crippen molar-refractivity contribution in [3.05, 3.63) is 36.0 Å². The summed E-state index contributed by atoms with van der Waals surface area (Å²) in [6, 6.07) is 9.65. The smallest absolute Gasteiger partial charge is 0.307 e. The largest absolute Gasteiger partial charge is 0.481 e. The van der Waals surface area contributed by atoms with Crippen LogP contribution in [0.3, 0.4) is 0 Å². The average molecular weight is 430 g/mol. The Morgan fingerprint density at radius 2 is 2.03 bits per heavy atom. The molecule has 170 valence electrons. The second-order valence-corrected chi connectivity index (χ2v) is 8.82. The number of aryl methyl sites for hydroxylation is 1. The maximum absolute atomic E-state index is 13.7. The highest BCUT2D eigenvalue weighted by molar-refractivity contribution is 6.03. The molecule has 2 aromatic rings. The Morgan fingerprint density at radius 1 is 1.26 bits per heavy atom. The molecule has 0 saturated carbocycles. The molecule has 7 heteroatoms. The minimum atomic E-state index is -0.789. The van der Waals surface area contributed by atoms with Crippen molar-refractivity contribution >= 4 is 22.7 Å². The van der Waals surface area contributed by atoms with Crippen LogP contribution in [0.5, 0.6) is 0 Å². The molecule has 0 bridgehead atoms. The molecule has 2 heterocycles. The fourth-order valence-corrected chi connectivity index (χ4v) is 4.41.